The zero-order valence-electron chi connectivity index (χ0n) is 16.7. The molecule has 0 aliphatic heterocycles. The van der Waals surface area contributed by atoms with Crippen LogP contribution in [0.4, 0.5) is 0 Å². The lowest BCUT2D eigenvalue weighted by molar-refractivity contribution is -0.122. The second kappa shape index (κ2) is 10.1. The van der Waals surface area contributed by atoms with Gasteiger partial charge >= 0.3 is 7.60 Å². The van der Waals surface area contributed by atoms with Gasteiger partial charge in [-0.2, -0.15) is 0 Å². The van der Waals surface area contributed by atoms with Crippen molar-refractivity contribution in [2.24, 2.45) is 5.73 Å². The second-order valence-corrected chi connectivity index (χ2v) is 9.05. The van der Waals surface area contributed by atoms with E-state index in [1.54, 1.807) is 55.5 Å². The SMILES string of the molecule is C[C@H](NC(=O)[C@@H](N)Cc1ccccc1)P(=O)(Oc1ccccc1)Oc1ccccc1. The number of hydrogen-bond acceptors (Lipinski definition) is 5. The van der Waals surface area contributed by atoms with E-state index in [0.29, 0.717) is 17.9 Å². The zero-order valence-corrected chi connectivity index (χ0v) is 17.6. The van der Waals surface area contributed by atoms with Crippen molar-refractivity contribution in [1.82, 2.24) is 5.32 Å². The van der Waals surface area contributed by atoms with E-state index in [0.717, 1.165) is 5.56 Å². The summed E-state index contributed by atoms with van der Waals surface area (Å²) in [6, 6.07) is 26.1. The molecule has 0 spiro atoms. The van der Waals surface area contributed by atoms with Crippen molar-refractivity contribution < 1.29 is 18.4 Å². The number of hydrogen-bond donors (Lipinski definition) is 2. The number of rotatable bonds is 9. The first-order valence-electron chi connectivity index (χ1n) is 9.65. The van der Waals surface area contributed by atoms with Gasteiger partial charge in [0.15, 0.2) is 5.78 Å². The molecule has 0 aliphatic rings. The third kappa shape index (κ3) is 5.96. The molecule has 3 N–H and O–H groups in total. The van der Waals surface area contributed by atoms with Gasteiger partial charge in [0, 0.05) is 0 Å². The largest absolute Gasteiger partial charge is 0.452 e. The normalized spacial score (nSPS) is 13.1. The first kappa shape index (κ1) is 21.6. The average molecular weight is 424 g/mol. The molecule has 3 aromatic rings. The summed E-state index contributed by atoms with van der Waals surface area (Å²) < 4.78 is 25.2. The molecule has 0 radical (unpaired) electrons. The Morgan fingerprint density at radius 1 is 0.867 bits per heavy atom. The van der Waals surface area contributed by atoms with Crippen LogP contribution >= 0.6 is 7.60 Å². The summed E-state index contributed by atoms with van der Waals surface area (Å²) >= 11 is 0. The molecule has 0 fully saturated rings. The van der Waals surface area contributed by atoms with Crippen molar-refractivity contribution in [1.29, 1.82) is 0 Å². The summed E-state index contributed by atoms with van der Waals surface area (Å²) in [7, 11) is -3.82. The molecule has 6 nitrogen and oxygen atoms in total. The zero-order chi connectivity index (χ0) is 21.4. The van der Waals surface area contributed by atoms with Gasteiger partial charge in [0.25, 0.3) is 0 Å². The van der Waals surface area contributed by atoms with Crippen LogP contribution < -0.4 is 20.1 Å². The predicted octanol–water partition coefficient (Wildman–Crippen LogP) is 4.37. The topological polar surface area (TPSA) is 90.7 Å². The van der Waals surface area contributed by atoms with Crippen molar-refractivity contribution in [2.75, 3.05) is 0 Å². The molecule has 156 valence electrons. The molecule has 0 heterocycles. The third-order valence-electron chi connectivity index (χ3n) is 4.41. The number of carbonyl (C=O) groups excluding carboxylic acids is 1. The Bertz CT molecular complexity index is 938. The first-order chi connectivity index (χ1) is 14.5. The van der Waals surface area contributed by atoms with E-state index in [1.807, 2.05) is 42.5 Å². The molecule has 3 rings (SSSR count). The summed E-state index contributed by atoms with van der Waals surface area (Å²) in [5, 5.41) is 2.70. The van der Waals surface area contributed by atoms with Gasteiger partial charge in [0.2, 0.25) is 5.91 Å². The van der Waals surface area contributed by atoms with Crippen LogP contribution in [0.15, 0.2) is 91.0 Å². The molecule has 0 aromatic heterocycles. The van der Waals surface area contributed by atoms with Gasteiger partial charge in [-0.25, -0.2) is 4.57 Å². The highest BCUT2D eigenvalue weighted by Gasteiger charge is 2.38. The van der Waals surface area contributed by atoms with Crippen LogP contribution in [-0.4, -0.2) is 17.7 Å². The number of amides is 1. The number of carbonyl (C=O) groups is 1. The highest BCUT2D eigenvalue weighted by atomic mass is 31.2. The Morgan fingerprint density at radius 2 is 1.30 bits per heavy atom. The molecular weight excluding hydrogens is 399 g/mol. The van der Waals surface area contributed by atoms with Crippen LogP contribution in [0.1, 0.15) is 12.5 Å². The number of benzene rings is 3. The lowest BCUT2D eigenvalue weighted by Crippen LogP contribution is -2.46. The van der Waals surface area contributed by atoms with Gasteiger partial charge in [-0.15, -0.1) is 0 Å². The monoisotopic (exact) mass is 424 g/mol. The fraction of sp³-hybridized carbons (Fsp3) is 0.174. The van der Waals surface area contributed by atoms with Gasteiger partial charge in [-0.05, 0) is 43.2 Å². The van der Waals surface area contributed by atoms with Gasteiger partial charge in [0.05, 0.1) is 6.04 Å². The smallest absolute Gasteiger partial charge is 0.415 e. The van der Waals surface area contributed by atoms with Crippen LogP contribution in [0.3, 0.4) is 0 Å². The van der Waals surface area contributed by atoms with E-state index in [-0.39, 0.29) is 0 Å². The Labute approximate surface area is 176 Å². The number of para-hydroxylation sites is 2. The summed E-state index contributed by atoms with van der Waals surface area (Å²) in [5.41, 5.74) is 7.00. The quantitative estimate of drug-likeness (QED) is 0.498. The van der Waals surface area contributed by atoms with E-state index in [1.165, 1.54) is 0 Å². The van der Waals surface area contributed by atoms with Gasteiger partial charge < -0.3 is 20.1 Å². The average Bonchev–Trinajstić information content (AvgIpc) is 2.75. The molecule has 30 heavy (non-hydrogen) atoms. The lowest BCUT2D eigenvalue weighted by Gasteiger charge is -2.26. The van der Waals surface area contributed by atoms with Crippen LogP contribution in [-0.2, 0) is 15.8 Å². The molecule has 0 bridgehead atoms. The van der Waals surface area contributed by atoms with Crippen LogP contribution in [0.5, 0.6) is 11.5 Å². The van der Waals surface area contributed by atoms with Crippen LogP contribution in [0.2, 0.25) is 0 Å². The highest BCUT2D eigenvalue weighted by Crippen LogP contribution is 2.51. The standard InChI is InChI=1S/C23H25N2O4P/c1-18(25-23(26)22(24)17-19-11-5-2-6-12-19)30(27,28-20-13-7-3-8-14-20)29-21-15-9-4-10-16-21/h2-16,18,22H,17,24H2,1H3,(H,25,26)/t18-,22+/m1/s1. The van der Waals surface area contributed by atoms with Crippen molar-refractivity contribution in [3.05, 3.63) is 96.6 Å². The molecule has 1 amide bonds. The van der Waals surface area contributed by atoms with E-state index < -0.39 is 25.3 Å². The maximum absolute atomic E-state index is 13.7. The molecular formula is C23H25N2O4P. The molecule has 3 aromatic carbocycles. The maximum atomic E-state index is 13.7. The van der Waals surface area contributed by atoms with Crippen LogP contribution in [0, 0.1) is 0 Å². The fourth-order valence-corrected chi connectivity index (χ4v) is 4.26. The Morgan fingerprint density at radius 3 is 1.77 bits per heavy atom. The lowest BCUT2D eigenvalue weighted by atomic mass is 10.1. The van der Waals surface area contributed by atoms with Gasteiger partial charge in [-0.3, -0.25) is 4.79 Å². The molecule has 0 unspecified atom stereocenters. The van der Waals surface area contributed by atoms with E-state index >= 15 is 0 Å². The minimum Gasteiger partial charge on any atom is -0.415 e. The third-order valence-corrected chi connectivity index (χ3v) is 6.42. The van der Waals surface area contributed by atoms with Crippen LogP contribution in [0.25, 0.3) is 0 Å². The Hall–Kier alpha value is -3.08. The van der Waals surface area contributed by atoms with E-state index in [9.17, 15) is 9.36 Å². The summed E-state index contributed by atoms with van der Waals surface area (Å²) in [5.74, 6) is -0.593. The predicted molar refractivity (Wildman–Crippen MR) is 117 cm³/mol. The second-order valence-electron chi connectivity index (χ2n) is 6.83. The summed E-state index contributed by atoms with van der Waals surface area (Å²) in [6.45, 7) is 1.58. The molecule has 7 heteroatoms. The van der Waals surface area contributed by atoms with E-state index in [2.05, 4.69) is 5.32 Å². The molecule has 0 saturated heterocycles. The van der Waals surface area contributed by atoms with Crippen molar-refractivity contribution >= 4 is 13.5 Å². The minimum atomic E-state index is -3.82. The molecule has 0 aliphatic carbocycles. The van der Waals surface area contributed by atoms with Gasteiger partial charge in [-0.1, -0.05) is 66.7 Å². The number of nitrogens with two attached hydrogens (primary N) is 1. The van der Waals surface area contributed by atoms with E-state index in [4.69, 9.17) is 14.8 Å². The highest BCUT2D eigenvalue weighted by molar-refractivity contribution is 7.55. The minimum absolute atomic E-state index is 0.364. The molecule has 2 atom stereocenters. The van der Waals surface area contributed by atoms with Gasteiger partial charge in [0.1, 0.15) is 11.5 Å². The maximum Gasteiger partial charge on any atom is 0.452 e. The first-order valence-corrected chi connectivity index (χ1v) is 11.3. The Balaban J connectivity index is 1.74. The summed E-state index contributed by atoms with van der Waals surface area (Å²) in [4.78, 5) is 12.6. The Kier molecular flexibility index (Phi) is 7.28. The van der Waals surface area contributed by atoms with Crippen molar-refractivity contribution in [3.8, 4) is 11.5 Å². The fourth-order valence-electron chi connectivity index (χ4n) is 2.79. The van der Waals surface area contributed by atoms with Crippen molar-refractivity contribution in [3.63, 3.8) is 0 Å². The number of nitrogens with one attached hydrogen (secondary N) is 1. The molecule has 0 saturated carbocycles. The van der Waals surface area contributed by atoms with Crippen molar-refractivity contribution in [2.45, 2.75) is 25.2 Å². The summed E-state index contributed by atoms with van der Waals surface area (Å²) in [6.07, 6.45) is 0.364.